The first-order chi connectivity index (χ1) is 11.4. The molecule has 0 heterocycles. The molecular formula is C18H23NO4S. The molecule has 0 amide bonds. The number of nitrogens with one attached hydrogen (secondary N) is 1. The lowest BCUT2D eigenvalue weighted by molar-refractivity contribution is 0.354. The number of rotatable bonds is 8. The van der Waals surface area contributed by atoms with E-state index < -0.39 is 9.84 Å². The number of hydrogen-bond acceptors (Lipinski definition) is 5. The highest BCUT2D eigenvalue weighted by molar-refractivity contribution is 7.90. The molecular weight excluding hydrogens is 326 g/mol. The highest BCUT2D eigenvalue weighted by Gasteiger charge is 2.12. The van der Waals surface area contributed by atoms with Crippen molar-refractivity contribution in [1.82, 2.24) is 5.32 Å². The van der Waals surface area contributed by atoms with Gasteiger partial charge in [-0.2, -0.15) is 0 Å². The van der Waals surface area contributed by atoms with Crippen LogP contribution in [0.5, 0.6) is 11.5 Å². The molecule has 0 atom stereocenters. The molecule has 0 aliphatic rings. The fourth-order valence-electron chi connectivity index (χ4n) is 2.43. The smallest absolute Gasteiger partial charge is 0.161 e. The Morgan fingerprint density at radius 1 is 1.00 bits per heavy atom. The zero-order valence-electron chi connectivity index (χ0n) is 14.2. The second-order valence-electron chi connectivity index (χ2n) is 5.54. The molecule has 0 bridgehead atoms. The highest BCUT2D eigenvalue weighted by Crippen LogP contribution is 2.35. The van der Waals surface area contributed by atoms with Gasteiger partial charge in [0.05, 0.1) is 20.0 Å². The van der Waals surface area contributed by atoms with Crippen LogP contribution in [0.15, 0.2) is 42.5 Å². The molecule has 0 unspecified atom stereocenters. The lowest BCUT2D eigenvalue weighted by Gasteiger charge is -2.16. The molecule has 2 aromatic carbocycles. The standard InChI is InChI=1S/C18H23NO4S/c1-22-17-11-15(13-19-9-10-24(3,20)21)16(12-18(17)23-2)14-7-5-4-6-8-14/h4-8,11-12,19H,9-10,13H2,1-3H3. The summed E-state index contributed by atoms with van der Waals surface area (Å²) < 4.78 is 33.3. The van der Waals surface area contributed by atoms with Crippen molar-refractivity contribution >= 4 is 9.84 Å². The molecule has 0 aliphatic heterocycles. The minimum Gasteiger partial charge on any atom is -0.493 e. The van der Waals surface area contributed by atoms with Gasteiger partial charge in [-0.05, 0) is 28.8 Å². The molecule has 5 nitrogen and oxygen atoms in total. The van der Waals surface area contributed by atoms with Crippen molar-refractivity contribution < 1.29 is 17.9 Å². The first-order valence-electron chi connectivity index (χ1n) is 7.63. The average Bonchev–Trinajstić information content (AvgIpc) is 2.58. The van der Waals surface area contributed by atoms with Gasteiger partial charge in [0.1, 0.15) is 9.84 Å². The maximum atomic E-state index is 11.2. The normalized spacial score (nSPS) is 11.3. The zero-order valence-corrected chi connectivity index (χ0v) is 15.0. The Bertz CT molecular complexity index is 773. The van der Waals surface area contributed by atoms with Crippen molar-refractivity contribution in [3.63, 3.8) is 0 Å². The van der Waals surface area contributed by atoms with E-state index in [1.165, 1.54) is 6.26 Å². The maximum Gasteiger partial charge on any atom is 0.161 e. The summed E-state index contributed by atoms with van der Waals surface area (Å²) in [7, 11) is 0.234. The number of methoxy groups -OCH3 is 2. The zero-order chi connectivity index (χ0) is 17.6. The molecule has 0 saturated heterocycles. The quantitative estimate of drug-likeness (QED) is 0.742. The Balaban J connectivity index is 2.30. The topological polar surface area (TPSA) is 64.6 Å². The van der Waals surface area contributed by atoms with E-state index in [2.05, 4.69) is 5.32 Å². The van der Waals surface area contributed by atoms with Gasteiger partial charge in [-0.25, -0.2) is 8.42 Å². The Morgan fingerprint density at radius 3 is 2.21 bits per heavy atom. The lowest BCUT2D eigenvalue weighted by Crippen LogP contribution is -2.22. The second-order valence-corrected chi connectivity index (χ2v) is 7.80. The van der Waals surface area contributed by atoms with Crippen LogP contribution in [0.4, 0.5) is 0 Å². The molecule has 0 spiro atoms. The van der Waals surface area contributed by atoms with Gasteiger partial charge in [-0.15, -0.1) is 0 Å². The Kier molecular flexibility index (Phi) is 6.23. The molecule has 0 saturated carbocycles. The summed E-state index contributed by atoms with van der Waals surface area (Å²) in [5.74, 6) is 1.43. The van der Waals surface area contributed by atoms with Gasteiger partial charge in [-0.3, -0.25) is 0 Å². The minimum absolute atomic E-state index is 0.112. The van der Waals surface area contributed by atoms with Gasteiger partial charge >= 0.3 is 0 Å². The molecule has 0 aromatic heterocycles. The van der Waals surface area contributed by atoms with Crippen LogP contribution in [0.25, 0.3) is 11.1 Å². The van der Waals surface area contributed by atoms with Crippen LogP contribution in [0.3, 0.4) is 0 Å². The highest BCUT2D eigenvalue weighted by atomic mass is 32.2. The van der Waals surface area contributed by atoms with Crippen molar-refractivity contribution in [2.24, 2.45) is 0 Å². The van der Waals surface area contributed by atoms with Crippen LogP contribution in [0.1, 0.15) is 5.56 Å². The maximum absolute atomic E-state index is 11.2. The molecule has 0 fully saturated rings. The first kappa shape index (κ1) is 18.3. The van der Waals surface area contributed by atoms with Crippen molar-refractivity contribution in [2.45, 2.75) is 6.54 Å². The largest absolute Gasteiger partial charge is 0.493 e. The fourth-order valence-corrected chi connectivity index (χ4v) is 2.95. The molecule has 2 aromatic rings. The third-order valence-corrected chi connectivity index (χ3v) is 4.60. The van der Waals surface area contributed by atoms with E-state index in [9.17, 15) is 8.42 Å². The minimum atomic E-state index is -2.97. The van der Waals surface area contributed by atoms with Crippen molar-refractivity contribution in [1.29, 1.82) is 0 Å². The van der Waals surface area contributed by atoms with E-state index in [-0.39, 0.29) is 5.75 Å². The van der Waals surface area contributed by atoms with E-state index in [1.807, 2.05) is 42.5 Å². The number of sulfone groups is 1. The van der Waals surface area contributed by atoms with Gasteiger partial charge in [0.15, 0.2) is 11.5 Å². The van der Waals surface area contributed by atoms with Gasteiger partial charge < -0.3 is 14.8 Å². The molecule has 0 aliphatic carbocycles. The van der Waals surface area contributed by atoms with E-state index in [4.69, 9.17) is 9.47 Å². The summed E-state index contributed by atoms with van der Waals surface area (Å²) in [6, 6.07) is 13.9. The van der Waals surface area contributed by atoms with Crippen LogP contribution in [0.2, 0.25) is 0 Å². The van der Waals surface area contributed by atoms with Gasteiger partial charge in [0, 0.05) is 19.3 Å². The number of hydrogen-bond donors (Lipinski definition) is 1. The monoisotopic (exact) mass is 349 g/mol. The van der Waals surface area contributed by atoms with Crippen LogP contribution < -0.4 is 14.8 Å². The van der Waals surface area contributed by atoms with Crippen molar-refractivity contribution in [2.75, 3.05) is 32.8 Å². The fraction of sp³-hybridized carbons (Fsp3) is 0.333. The summed E-state index contributed by atoms with van der Waals surface area (Å²) >= 11 is 0. The van der Waals surface area contributed by atoms with E-state index in [1.54, 1.807) is 14.2 Å². The molecule has 24 heavy (non-hydrogen) atoms. The van der Waals surface area contributed by atoms with Crippen LogP contribution >= 0.6 is 0 Å². The van der Waals surface area contributed by atoms with Gasteiger partial charge in [-0.1, -0.05) is 30.3 Å². The molecule has 0 radical (unpaired) electrons. The third-order valence-electron chi connectivity index (χ3n) is 3.66. The lowest BCUT2D eigenvalue weighted by atomic mass is 9.98. The Hall–Kier alpha value is -2.05. The Labute approximate surface area is 143 Å². The molecule has 130 valence electrons. The van der Waals surface area contributed by atoms with Crippen LogP contribution in [-0.4, -0.2) is 41.2 Å². The average molecular weight is 349 g/mol. The molecule has 1 N–H and O–H groups in total. The van der Waals surface area contributed by atoms with E-state index in [0.717, 1.165) is 16.7 Å². The van der Waals surface area contributed by atoms with Crippen LogP contribution in [0, 0.1) is 0 Å². The molecule has 6 heteroatoms. The summed E-state index contributed by atoms with van der Waals surface area (Å²) in [4.78, 5) is 0. The first-order valence-corrected chi connectivity index (χ1v) is 9.69. The summed E-state index contributed by atoms with van der Waals surface area (Å²) in [5, 5.41) is 3.18. The van der Waals surface area contributed by atoms with E-state index in [0.29, 0.717) is 24.6 Å². The van der Waals surface area contributed by atoms with Gasteiger partial charge in [0.2, 0.25) is 0 Å². The van der Waals surface area contributed by atoms with E-state index >= 15 is 0 Å². The van der Waals surface area contributed by atoms with Crippen molar-refractivity contribution in [3.05, 3.63) is 48.0 Å². The Morgan fingerprint density at radius 2 is 1.62 bits per heavy atom. The second kappa shape index (κ2) is 8.17. The van der Waals surface area contributed by atoms with Crippen LogP contribution in [-0.2, 0) is 16.4 Å². The summed E-state index contributed by atoms with van der Waals surface area (Å²) in [5.41, 5.74) is 3.12. The van der Waals surface area contributed by atoms with Gasteiger partial charge in [0.25, 0.3) is 0 Å². The predicted molar refractivity (Wildman–Crippen MR) is 96.4 cm³/mol. The van der Waals surface area contributed by atoms with Crippen molar-refractivity contribution in [3.8, 4) is 22.6 Å². The SMILES string of the molecule is COc1cc(CNCCS(C)(=O)=O)c(-c2ccccc2)cc1OC. The third kappa shape index (κ3) is 4.97. The number of benzene rings is 2. The molecule has 2 rings (SSSR count). The predicted octanol–water partition coefficient (Wildman–Crippen LogP) is 2.51. The number of ether oxygens (including phenoxy) is 2. The summed E-state index contributed by atoms with van der Waals surface area (Å²) in [6.45, 7) is 0.946. The summed E-state index contributed by atoms with van der Waals surface area (Å²) in [6.07, 6.45) is 1.24.